The van der Waals surface area contributed by atoms with E-state index in [1.807, 2.05) is 0 Å². The molecule has 44 heavy (non-hydrogen) atoms. The Morgan fingerprint density at radius 3 is 0.795 bits per heavy atom. The lowest BCUT2D eigenvalue weighted by atomic mass is 9.51. The minimum atomic E-state index is 0.995. The topological polar surface area (TPSA) is 13.0 Å². The Bertz CT molecular complexity index is 833. The molecule has 4 saturated carbocycles. The van der Waals surface area contributed by atoms with Crippen molar-refractivity contribution in [1.82, 2.24) is 19.6 Å². The molecule has 0 radical (unpaired) electrons. The molecule has 4 atom stereocenters. The van der Waals surface area contributed by atoms with Gasteiger partial charge < -0.3 is 19.6 Å². The van der Waals surface area contributed by atoms with Crippen molar-refractivity contribution < 1.29 is 0 Å². The minimum absolute atomic E-state index is 0.995. The molecule has 27 aliphatic rings. The zero-order valence-corrected chi connectivity index (χ0v) is 28.5. The van der Waals surface area contributed by atoms with Gasteiger partial charge in [-0.05, 0) is 200 Å². The van der Waals surface area contributed by atoms with Crippen LogP contribution in [0.1, 0.15) is 103 Å². The summed E-state index contributed by atoms with van der Waals surface area (Å²) in [6, 6.07) is 0. The van der Waals surface area contributed by atoms with Gasteiger partial charge in [-0.2, -0.15) is 0 Å². The lowest BCUT2D eigenvalue weighted by molar-refractivity contribution is -0.117. The van der Waals surface area contributed by atoms with E-state index in [1.54, 1.807) is 25.7 Å². The summed E-state index contributed by atoms with van der Waals surface area (Å²) in [5.74, 6) is 12.4. The highest BCUT2D eigenvalue weighted by Crippen LogP contribution is 2.56. The first-order chi connectivity index (χ1) is 21.7. The van der Waals surface area contributed by atoms with Crippen LogP contribution in [0.5, 0.6) is 0 Å². The lowest BCUT2D eigenvalue weighted by Crippen LogP contribution is -2.61. The van der Waals surface area contributed by atoms with Crippen LogP contribution in [0.4, 0.5) is 0 Å². The molecule has 27 rings (SSSR count). The summed E-state index contributed by atoms with van der Waals surface area (Å²) in [4.78, 5) is 11.9. The first kappa shape index (κ1) is 29.9. The van der Waals surface area contributed by atoms with E-state index in [0.717, 1.165) is 71.0 Å². The van der Waals surface area contributed by atoms with Gasteiger partial charge in [0.2, 0.25) is 0 Å². The van der Waals surface area contributed by atoms with Crippen molar-refractivity contribution >= 4 is 0 Å². The van der Waals surface area contributed by atoms with Gasteiger partial charge in [-0.25, -0.2) is 0 Å². The van der Waals surface area contributed by atoms with Crippen LogP contribution in [0.25, 0.3) is 0 Å². The van der Waals surface area contributed by atoms with Gasteiger partial charge in [0.25, 0.3) is 0 Å². The zero-order chi connectivity index (χ0) is 29.0. The van der Waals surface area contributed by atoms with Crippen LogP contribution in [-0.2, 0) is 0 Å². The lowest BCUT2D eigenvalue weighted by Gasteiger charge is -2.60. The maximum absolute atomic E-state index is 3.03. The van der Waals surface area contributed by atoms with E-state index in [0.29, 0.717) is 0 Å². The summed E-state index contributed by atoms with van der Waals surface area (Å²) < 4.78 is 0. The van der Waals surface area contributed by atoms with E-state index in [-0.39, 0.29) is 0 Å². The van der Waals surface area contributed by atoms with E-state index in [4.69, 9.17) is 0 Å². The third-order valence-corrected chi connectivity index (χ3v) is 16.3. The van der Waals surface area contributed by atoms with E-state index >= 15 is 0 Å². The molecule has 0 aromatic rings. The molecule has 23 aliphatic heterocycles. The van der Waals surface area contributed by atoms with Crippen LogP contribution < -0.4 is 0 Å². The second-order valence-corrected chi connectivity index (χ2v) is 18.8. The van der Waals surface area contributed by atoms with E-state index in [1.165, 1.54) is 156 Å². The second-order valence-electron chi connectivity index (χ2n) is 18.8. The van der Waals surface area contributed by atoms with E-state index in [2.05, 4.69) is 19.6 Å². The van der Waals surface area contributed by atoms with Gasteiger partial charge >= 0.3 is 0 Å². The quantitative estimate of drug-likeness (QED) is 0.297. The highest BCUT2D eigenvalue weighted by molar-refractivity contribution is 5.04. The fourth-order valence-corrected chi connectivity index (χ4v) is 14.1. The average molecular weight is 605 g/mol. The summed E-state index contributed by atoms with van der Waals surface area (Å²) in [5.41, 5.74) is 0. The van der Waals surface area contributed by atoms with Crippen molar-refractivity contribution in [3.63, 3.8) is 0 Å². The maximum Gasteiger partial charge on any atom is 0.00128 e. The first-order valence-electron chi connectivity index (χ1n) is 20.6. The Kier molecular flexibility index (Phi) is 8.87. The molecule has 248 valence electrons. The van der Waals surface area contributed by atoms with Gasteiger partial charge in [-0.1, -0.05) is 0 Å². The summed E-state index contributed by atoms with van der Waals surface area (Å²) >= 11 is 0. The Hall–Kier alpha value is -0.160. The second kappa shape index (κ2) is 13.0. The van der Waals surface area contributed by atoms with Crippen LogP contribution >= 0.6 is 0 Å². The van der Waals surface area contributed by atoms with Gasteiger partial charge in [0, 0.05) is 52.4 Å². The summed E-state index contributed by atoms with van der Waals surface area (Å²) in [7, 11) is 0. The molecule has 0 aromatic carbocycles. The number of rotatable bonds is 0. The molecule has 4 heteroatoms. The van der Waals surface area contributed by atoms with Gasteiger partial charge in [-0.15, -0.1) is 0 Å². The van der Waals surface area contributed by atoms with Crippen molar-refractivity contribution in [1.29, 1.82) is 0 Å². The van der Waals surface area contributed by atoms with Crippen LogP contribution in [-0.4, -0.2) is 98.1 Å². The van der Waals surface area contributed by atoms with Crippen molar-refractivity contribution in [2.45, 2.75) is 103 Å². The van der Waals surface area contributed by atoms with Gasteiger partial charge in [0.15, 0.2) is 0 Å². The fraction of sp³-hybridized carbons (Fsp3) is 1.00. The van der Waals surface area contributed by atoms with Gasteiger partial charge in [0.05, 0.1) is 0 Å². The summed E-state index contributed by atoms with van der Waals surface area (Å²) in [6.07, 6.45) is 24.5. The Morgan fingerprint density at radius 1 is 0.227 bits per heavy atom. The number of piperidine rings is 4. The standard InChI is InChI=1S/C40H68N4/c1-5-31-6-2-29(1)21-41-17-13-33(14-18-41)34-15-19-42(20-16-34)22-30-3-7-32(8-4-30)24-44-27-37-11-9-35-25-43(23-31)26-36-10-12-38(28-44)40(37)39(35)36/h29-40H,1-28H2. The normalized spacial score (nSPS) is 54.5. The molecule has 27 fully saturated rings. The van der Waals surface area contributed by atoms with Crippen LogP contribution in [0.2, 0.25) is 0 Å². The highest BCUT2D eigenvalue weighted by atomic mass is 15.2. The number of hydrogen-bond donors (Lipinski definition) is 0. The van der Waals surface area contributed by atoms with Gasteiger partial charge in [0.1, 0.15) is 0 Å². The van der Waals surface area contributed by atoms with Crippen molar-refractivity contribution in [2.75, 3.05) is 78.5 Å². The van der Waals surface area contributed by atoms with Gasteiger partial charge in [-0.3, -0.25) is 0 Å². The van der Waals surface area contributed by atoms with E-state index < -0.39 is 0 Å². The average Bonchev–Trinajstić information content (AvgIpc) is 3.06. The van der Waals surface area contributed by atoms with Crippen molar-refractivity contribution in [3.05, 3.63) is 0 Å². The molecule has 0 N–H and O–H groups in total. The molecular weight excluding hydrogens is 536 g/mol. The van der Waals surface area contributed by atoms with E-state index in [9.17, 15) is 0 Å². The van der Waals surface area contributed by atoms with Crippen molar-refractivity contribution in [2.24, 2.45) is 71.0 Å². The molecular formula is C40H68N4. The molecule has 4 aliphatic carbocycles. The molecule has 16 bridgehead atoms. The molecule has 0 amide bonds. The summed E-state index contributed by atoms with van der Waals surface area (Å²) in [6.45, 7) is 17.3. The molecule has 4 unspecified atom stereocenters. The molecule has 23 heterocycles. The third-order valence-electron chi connectivity index (χ3n) is 16.3. The number of nitrogens with zero attached hydrogens (tertiary/aromatic N) is 4. The Balaban J connectivity index is 0.874. The maximum atomic E-state index is 3.03. The number of hydrogen-bond acceptors (Lipinski definition) is 4. The Morgan fingerprint density at radius 2 is 0.500 bits per heavy atom. The predicted octanol–water partition coefficient (Wildman–Crippen LogP) is 6.95. The first-order valence-corrected chi connectivity index (χ1v) is 20.6. The Labute approximate surface area is 271 Å². The summed E-state index contributed by atoms with van der Waals surface area (Å²) in [5, 5.41) is 0. The zero-order valence-electron chi connectivity index (χ0n) is 28.5. The highest BCUT2D eigenvalue weighted by Gasteiger charge is 2.53. The molecule has 23 saturated heterocycles. The van der Waals surface area contributed by atoms with Crippen LogP contribution in [0.15, 0.2) is 0 Å². The minimum Gasteiger partial charge on any atom is -0.303 e. The molecule has 4 nitrogen and oxygen atoms in total. The molecule has 0 spiro atoms. The van der Waals surface area contributed by atoms with Crippen LogP contribution in [0.3, 0.4) is 0 Å². The monoisotopic (exact) mass is 605 g/mol. The SMILES string of the molecule is C1CC2CCC1CN1CCC(CC1)C1CCN(CC1)CC1CCC(CC1)CN1CC3CCC4CN(C2)CC2CCC(C1)C3C42. The largest absolute Gasteiger partial charge is 0.303 e. The predicted molar refractivity (Wildman–Crippen MR) is 182 cm³/mol. The molecule has 0 aromatic heterocycles. The smallest absolute Gasteiger partial charge is 0.00128 e. The third kappa shape index (κ3) is 6.23. The van der Waals surface area contributed by atoms with Crippen molar-refractivity contribution in [3.8, 4) is 0 Å². The fourth-order valence-electron chi connectivity index (χ4n) is 14.1. The van der Waals surface area contributed by atoms with Crippen LogP contribution in [0, 0.1) is 71.0 Å².